The highest BCUT2D eigenvalue weighted by Gasteiger charge is 2.06. The zero-order chi connectivity index (χ0) is 13.7. The van der Waals surface area contributed by atoms with Crippen molar-refractivity contribution >= 4 is 51.4 Å². The van der Waals surface area contributed by atoms with Gasteiger partial charge in [-0.3, -0.25) is 0 Å². The van der Waals surface area contributed by atoms with E-state index in [9.17, 15) is 0 Å². The van der Waals surface area contributed by atoms with E-state index in [0.717, 1.165) is 27.2 Å². The molecule has 0 unspecified atom stereocenters. The lowest BCUT2D eigenvalue weighted by Gasteiger charge is -2.04. The van der Waals surface area contributed by atoms with Crippen molar-refractivity contribution < 1.29 is 0 Å². The fraction of sp³-hybridized carbons (Fsp3) is 0.333. The second-order valence-corrected chi connectivity index (χ2v) is 6.97. The lowest BCUT2D eigenvalue weighted by molar-refractivity contribution is 0.992. The number of hydrogen-bond donors (Lipinski definition) is 1. The molecular weight excluding hydrogens is 321 g/mol. The van der Waals surface area contributed by atoms with Gasteiger partial charge in [-0.15, -0.1) is 10.2 Å². The molecule has 102 valence electrons. The summed E-state index contributed by atoms with van der Waals surface area (Å²) in [5, 5.41) is 13.5. The normalized spacial score (nSPS) is 10.7. The van der Waals surface area contributed by atoms with E-state index >= 15 is 0 Å². The highest BCUT2D eigenvalue weighted by atomic mass is 35.5. The van der Waals surface area contributed by atoms with Crippen LogP contribution >= 0.6 is 46.3 Å². The number of thioether (sulfide) groups is 1. The van der Waals surface area contributed by atoms with Crippen molar-refractivity contribution in [2.75, 3.05) is 11.1 Å². The van der Waals surface area contributed by atoms with Crippen LogP contribution in [0.4, 0.5) is 5.13 Å². The maximum absolute atomic E-state index is 6.11. The van der Waals surface area contributed by atoms with Crippen LogP contribution in [0.15, 0.2) is 22.5 Å². The monoisotopic (exact) mass is 333 g/mol. The number of hydrogen-bond acceptors (Lipinski definition) is 5. The Labute approximate surface area is 130 Å². The summed E-state index contributed by atoms with van der Waals surface area (Å²) in [4.78, 5) is 0. The Kier molecular flexibility index (Phi) is 5.76. The lowest BCUT2D eigenvalue weighted by Crippen LogP contribution is -1.99. The lowest BCUT2D eigenvalue weighted by atomic mass is 10.2. The van der Waals surface area contributed by atoms with E-state index in [2.05, 4.69) is 22.4 Å². The molecule has 1 heterocycles. The van der Waals surface area contributed by atoms with E-state index in [1.165, 1.54) is 0 Å². The summed E-state index contributed by atoms with van der Waals surface area (Å²) >= 11 is 15.3. The van der Waals surface area contributed by atoms with Crippen LogP contribution in [0.5, 0.6) is 0 Å². The van der Waals surface area contributed by atoms with Crippen LogP contribution in [-0.4, -0.2) is 16.0 Å². The number of nitrogens with one attached hydrogen (secondary N) is 1. The van der Waals surface area contributed by atoms with Crippen LogP contribution in [-0.2, 0) is 6.54 Å². The Morgan fingerprint density at radius 3 is 2.89 bits per heavy atom. The van der Waals surface area contributed by atoms with Crippen LogP contribution < -0.4 is 5.32 Å². The number of nitrogens with zero attached hydrogens (tertiary/aromatic N) is 2. The molecule has 0 radical (unpaired) electrons. The molecule has 0 amide bonds. The quantitative estimate of drug-likeness (QED) is 0.758. The highest BCUT2D eigenvalue weighted by Crippen LogP contribution is 2.27. The second-order valence-electron chi connectivity index (χ2n) is 3.81. The number of anilines is 1. The summed E-state index contributed by atoms with van der Waals surface area (Å²) in [6, 6.07) is 5.47. The van der Waals surface area contributed by atoms with Gasteiger partial charge in [-0.2, -0.15) is 0 Å². The zero-order valence-electron chi connectivity index (χ0n) is 10.3. The van der Waals surface area contributed by atoms with Crippen molar-refractivity contribution in [2.45, 2.75) is 24.2 Å². The van der Waals surface area contributed by atoms with Crippen molar-refractivity contribution in [3.63, 3.8) is 0 Å². The van der Waals surface area contributed by atoms with E-state index in [0.29, 0.717) is 16.6 Å². The van der Waals surface area contributed by atoms with E-state index in [1.54, 1.807) is 29.2 Å². The third-order valence-corrected chi connectivity index (χ3v) is 5.09. The van der Waals surface area contributed by atoms with Gasteiger partial charge in [-0.1, -0.05) is 59.3 Å². The average Bonchev–Trinajstić information content (AvgIpc) is 2.83. The van der Waals surface area contributed by atoms with Gasteiger partial charge in [-0.25, -0.2) is 0 Å². The first-order valence-corrected chi connectivity index (χ1v) is 8.39. The first kappa shape index (κ1) is 14.9. The minimum Gasteiger partial charge on any atom is -0.356 e. The average molecular weight is 334 g/mol. The molecule has 2 rings (SSSR count). The van der Waals surface area contributed by atoms with Crippen molar-refractivity contribution in [3.05, 3.63) is 33.8 Å². The maximum atomic E-state index is 6.11. The Bertz CT molecular complexity index is 546. The molecule has 0 fully saturated rings. The Morgan fingerprint density at radius 1 is 1.32 bits per heavy atom. The van der Waals surface area contributed by atoms with Gasteiger partial charge in [-0.05, 0) is 24.1 Å². The van der Waals surface area contributed by atoms with E-state index in [-0.39, 0.29) is 0 Å². The topological polar surface area (TPSA) is 37.8 Å². The Morgan fingerprint density at radius 2 is 2.16 bits per heavy atom. The zero-order valence-corrected chi connectivity index (χ0v) is 13.5. The fourth-order valence-electron chi connectivity index (χ4n) is 1.36. The molecule has 0 aliphatic carbocycles. The van der Waals surface area contributed by atoms with Crippen LogP contribution in [0.3, 0.4) is 0 Å². The molecule has 1 N–H and O–H groups in total. The third kappa shape index (κ3) is 4.53. The Balaban J connectivity index is 1.92. The summed E-state index contributed by atoms with van der Waals surface area (Å²) in [7, 11) is 0. The number of benzene rings is 1. The van der Waals surface area contributed by atoms with Crippen LogP contribution in [0, 0.1) is 0 Å². The van der Waals surface area contributed by atoms with E-state index in [4.69, 9.17) is 23.2 Å². The third-order valence-electron chi connectivity index (χ3n) is 2.28. The van der Waals surface area contributed by atoms with E-state index in [1.807, 2.05) is 12.1 Å². The van der Waals surface area contributed by atoms with Gasteiger partial charge in [0, 0.05) is 22.3 Å². The summed E-state index contributed by atoms with van der Waals surface area (Å²) in [5.41, 5.74) is 0.990. The summed E-state index contributed by atoms with van der Waals surface area (Å²) in [6.45, 7) is 2.76. The van der Waals surface area contributed by atoms with Gasteiger partial charge in [0.05, 0.1) is 0 Å². The van der Waals surface area contributed by atoms with Gasteiger partial charge in [0.2, 0.25) is 5.13 Å². The fourth-order valence-corrected chi connectivity index (χ4v) is 3.51. The van der Waals surface area contributed by atoms with Crippen LogP contribution in [0.1, 0.15) is 18.9 Å². The van der Waals surface area contributed by atoms with Gasteiger partial charge < -0.3 is 5.32 Å². The first-order chi connectivity index (χ1) is 9.19. The minimum atomic E-state index is 0.614. The van der Waals surface area contributed by atoms with E-state index < -0.39 is 0 Å². The predicted octanol–water partition coefficient (Wildman–Crippen LogP) is 4.96. The largest absolute Gasteiger partial charge is 0.356 e. The molecule has 0 aliphatic rings. The molecule has 0 atom stereocenters. The molecule has 0 aliphatic heterocycles. The summed E-state index contributed by atoms with van der Waals surface area (Å²) in [5.74, 6) is 1.07. The van der Waals surface area contributed by atoms with Gasteiger partial charge >= 0.3 is 0 Å². The first-order valence-electron chi connectivity index (χ1n) is 5.83. The molecule has 0 spiro atoms. The molecule has 0 saturated carbocycles. The molecule has 3 nitrogen and oxygen atoms in total. The molecular formula is C12H13Cl2N3S2. The maximum Gasteiger partial charge on any atom is 0.206 e. The van der Waals surface area contributed by atoms with Crippen LogP contribution in [0.2, 0.25) is 10.0 Å². The molecule has 1 aromatic heterocycles. The van der Waals surface area contributed by atoms with Crippen molar-refractivity contribution in [1.29, 1.82) is 0 Å². The van der Waals surface area contributed by atoms with Gasteiger partial charge in [0.15, 0.2) is 4.34 Å². The number of rotatable bonds is 6. The summed E-state index contributed by atoms with van der Waals surface area (Å²) in [6.07, 6.45) is 1.13. The Hall–Kier alpha value is -0.490. The van der Waals surface area contributed by atoms with Gasteiger partial charge in [0.25, 0.3) is 0 Å². The van der Waals surface area contributed by atoms with Crippen LogP contribution in [0.25, 0.3) is 0 Å². The summed E-state index contributed by atoms with van der Waals surface area (Å²) < 4.78 is 0.992. The number of halogens is 2. The molecule has 1 aromatic carbocycles. The molecule has 19 heavy (non-hydrogen) atoms. The standard InChI is InChI=1S/C12H13Cl2N3S2/c1-2-5-18-12-17-16-11(19-12)15-7-8-3-4-9(13)6-10(8)14/h3-4,6H,2,5,7H2,1H3,(H,15,16). The van der Waals surface area contributed by atoms with Crippen molar-refractivity contribution in [3.8, 4) is 0 Å². The predicted molar refractivity (Wildman–Crippen MR) is 84.7 cm³/mol. The molecule has 2 aromatic rings. The van der Waals surface area contributed by atoms with Crippen molar-refractivity contribution in [1.82, 2.24) is 10.2 Å². The molecule has 7 heteroatoms. The highest BCUT2D eigenvalue weighted by molar-refractivity contribution is 8.01. The smallest absolute Gasteiger partial charge is 0.206 e. The van der Waals surface area contributed by atoms with Crippen molar-refractivity contribution in [2.24, 2.45) is 0 Å². The SMILES string of the molecule is CCCSc1nnc(NCc2ccc(Cl)cc2Cl)s1. The molecule has 0 saturated heterocycles. The molecule has 0 bridgehead atoms. The minimum absolute atomic E-state index is 0.614. The van der Waals surface area contributed by atoms with Gasteiger partial charge in [0.1, 0.15) is 0 Å². The second kappa shape index (κ2) is 7.33. The number of aromatic nitrogens is 2.